The number of nitrogens with one attached hydrogen (secondary N) is 1. The van der Waals surface area contributed by atoms with Gasteiger partial charge in [-0.15, -0.1) is 0 Å². The Hall–Kier alpha value is -1.98. The normalized spacial score (nSPS) is 9.88. The Morgan fingerprint density at radius 3 is 2.88 bits per heavy atom. The van der Waals surface area contributed by atoms with E-state index in [2.05, 4.69) is 4.98 Å². The maximum Gasteiger partial charge on any atom is 0.404 e. The summed E-state index contributed by atoms with van der Waals surface area (Å²) in [6.07, 6.45) is 0.0149. The van der Waals surface area contributed by atoms with Crippen molar-refractivity contribution < 1.29 is 19.1 Å². The number of Topliss-reactive ketones (excluding diaryl/α,β-unsaturated/α-hetero) is 1. The van der Waals surface area contributed by atoms with Crippen LogP contribution in [0, 0.1) is 12.7 Å². The number of carboxylic acid groups (broad SMARTS) is 1. The Kier molecular flexibility index (Phi) is 3.93. The molecule has 6 heteroatoms. The summed E-state index contributed by atoms with van der Waals surface area (Å²) in [7, 11) is 0. The van der Waals surface area contributed by atoms with E-state index < -0.39 is 17.7 Å². The number of aromatic nitrogens is 1. The Bertz CT molecular complexity index is 421. The molecule has 1 rings (SSSR count). The first-order valence-corrected chi connectivity index (χ1v) is 4.63. The monoisotopic (exact) mass is 226 g/mol. The standard InChI is InChI=1S/C10H11FN2O3/c1-6-2-4-12-9(8(6)11)7(14)3-5-13-10(15)16/h2,4,13H,3,5H2,1H3,(H,15,16). The van der Waals surface area contributed by atoms with Crippen LogP contribution in [0.5, 0.6) is 0 Å². The highest BCUT2D eigenvalue weighted by Gasteiger charge is 2.14. The molecule has 0 aliphatic carbocycles. The van der Waals surface area contributed by atoms with Crippen molar-refractivity contribution in [1.82, 2.24) is 10.3 Å². The lowest BCUT2D eigenvalue weighted by molar-refractivity contribution is 0.0973. The largest absolute Gasteiger partial charge is 0.465 e. The van der Waals surface area contributed by atoms with Crippen molar-refractivity contribution in [3.05, 3.63) is 29.3 Å². The second-order valence-corrected chi connectivity index (χ2v) is 3.20. The minimum Gasteiger partial charge on any atom is -0.465 e. The highest BCUT2D eigenvalue weighted by Crippen LogP contribution is 2.10. The second-order valence-electron chi connectivity index (χ2n) is 3.20. The van der Waals surface area contributed by atoms with Gasteiger partial charge in [0, 0.05) is 19.2 Å². The van der Waals surface area contributed by atoms with Gasteiger partial charge in [-0.1, -0.05) is 0 Å². The zero-order chi connectivity index (χ0) is 12.1. The first-order valence-electron chi connectivity index (χ1n) is 4.63. The minimum atomic E-state index is -1.22. The molecule has 86 valence electrons. The Morgan fingerprint density at radius 1 is 1.56 bits per heavy atom. The van der Waals surface area contributed by atoms with Gasteiger partial charge in [-0.2, -0.15) is 0 Å². The van der Waals surface area contributed by atoms with Crippen molar-refractivity contribution in [2.75, 3.05) is 6.54 Å². The first kappa shape index (κ1) is 12.1. The lowest BCUT2D eigenvalue weighted by Crippen LogP contribution is -2.24. The molecule has 0 saturated carbocycles. The molecule has 0 bridgehead atoms. The van der Waals surface area contributed by atoms with E-state index in [1.807, 2.05) is 5.32 Å². The van der Waals surface area contributed by atoms with E-state index in [1.54, 1.807) is 0 Å². The summed E-state index contributed by atoms with van der Waals surface area (Å²) in [6.45, 7) is 1.48. The molecule has 16 heavy (non-hydrogen) atoms. The van der Waals surface area contributed by atoms with Crippen LogP contribution in [0.15, 0.2) is 12.3 Å². The fourth-order valence-corrected chi connectivity index (χ4v) is 1.14. The Morgan fingerprint density at radius 2 is 2.25 bits per heavy atom. The van der Waals surface area contributed by atoms with Crippen LogP contribution in [-0.2, 0) is 0 Å². The molecule has 2 N–H and O–H groups in total. The van der Waals surface area contributed by atoms with Crippen LogP contribution in [0.1, 0.15) is 22.5 Å². The van der Waals surface area contributed by atoms with Crippen molar-refractivity contribution >= 4 is 11.9 Å². The topological polar surface area (TPSA) is 79.3 Å². The van der Waals surface area contributed by atoms with Crippen molar-refractivity contribution in [3.8, 4) is 0 Å². The fraction of sp³-hybridized carbons (Fsp3) is 0.300. The number of nitrogens with zero attached hydrogens (tertiary/aromatic N) is 1. The molecule has 0 aromatic carbocycles. The van der Waals surface area contributed by atoms with E-state index in [4.69, 9.17) is 5.11 Å². The molecule has 0 aliphatic heterocycles. The van der Waals surface area contributed by atoms with E-state index in [1.165, 1.54) is 19.2 Å². The van der Waals surface area contributed by atoms with Crippen LogP contribution >= 0.6 is 0 Å². The van der Waals surface area contributed by atoms with E-state index in [9.17, 15) is 14.0 Å². The summed E-state index contributed by atoms with van der Waals surface area (Å²) < 4.78 is 13.4. The number of carbonyl (C=O) groups is 2. The van der Waals surface area contributed by atoms with E-state index in [0.717, 1.165) is 0 Å². The number of pyridine rings is 1. The molecule has 0 saturated heterocycles. The number of hydrogen-bond acceptors (Lipinski definition) is 3. The summed E-state index contributed by atoms with van der Waals surface area (Å²) in [5, 5.41) is 10.3. The number of aryl methyl sites for hydroxylation is 1. The van der Waals surface area contributed by atoms with E-state index in [0.29, 0.717) is 5.56 Å². The van der Waals surface area contributed by atoms with Gasteiger partial charge in [0.05, 0.1) is 0 Å². The van der Waals surface area contributed by atoms with Gasteiger partial charge in [0.25, 0.3) is 0 Å². The molecule has 0 aliphatic rings. The maximum atomic E-state index is 13.4. The highest BCUT2D eigenvalue weighted by molar-refractivity contribution is 5.94. The van der Waals surface area contributed by atoms with Crippen LogP contribution < -0.4 is 5.32 Å². The Labute approximate surface area is 91.3 Å². The van der Waals surface area contributed by atoms with Crippen molar-refractivity contribution in [2.45, 2.75) is 13.3 Å². The molecule has 1 heterocycles. The van der Waals surface area contributed by atoms with Gasteiger partial charge in [-0.25, -0.2) is 9.18 Å². The van der Waals surface area contributed by atoms with E-state index in [-0.39, 0.29) is 18.7 Å². The number of carbonyl (C=O) groups excluding carboxylic acids is 1. The van der Waals surface area contributed by atoms with Crippen molar-refractivity contribution in [3.63, 3.8) is 0 Å². The third kappa shape index (κ3) is 3.01. The molecule has 1 aromatic heterocycles. The lowest BCUT2D eigenvalue weighted by atomic mass is 10.1. The summed E-state index contributed by atoms with van der Waals surface area (Å²) in [5.74, 6) is -1.17. The number of amides is 1. The molecule has 0 atom stereocenters. The zero-order valence-corrected chi connectivity index (χ0v) is 8.66. The third-order valence-electron chi connectivity index (χ3n) is 1.97. The highest BCUT2D eigenvalue weighted by atomic mass is 19.1. The molecular formula is C10H11FN2O3. The van der Waals surface area contributed by atoms with Gasteiger partial charge < -0.3 is 10.4 Å². The number of hydrogen-bond donors (Lipinski definition) is 2. The average Bonchev–Trinajstić information content (AvgIpc) is 2.21. The smallest absolute Gasteiger partial charge is 0.404 e. The van der Waals surface area contributed by atoms with Crippen LogP contribution in [0.4, 0.5) is 9.18 Å². The maximum absolute atomic E-state index is 13.4. The van der Waals surface area contributed by atoms with E-state index >= 15 is 0 Å². The quantitative estimate of drug-likeness (QED) is 0.760. The molecule has 0 spiro atoms. The van der Waals surface area contributed by atoms with Crippen LogP contribution in [0.3, 0.4) is 0 Å². The van der Waals surface area contributed by atoms with Gasteiger partial charge in [-0.3, -0.25) is 9.78 Å². The molecule has 0 fully saturated rings. The van der Waals surface area contributed by atoms with Crippen LogP contribution in [0.2, 0.25) is 0 Å². The fourth-order valence-electron chi connectivity index (χ4n) is 1.14. The molecule has 0 radical (unpaired) electrons. The molecular weight excluding hydrogens is 215 g/mol. The third-order valence-corrected chi connectivity index (χ3v) is 1.97. The second kappa shape index (κ2) is 5.20. The van der Waals surface area contributed by atoms with Gasteiger partial charge in [0.2, 0.25) is 0 Å². The van der Waals surface area contributed by atoms with Gasteiger partial charge in [0.15, 0.2) is 11.6 Å². The number of rotatable bonds is 4. The first-order chi connectivity index (χ1) is 7.52. The van der Waals surface area contributed by atoms with Crippen LogP contribution in [0.25, 0.3) is 0 Å². The molecule has 5 nitrogen and oxygen atoms in total. The zero-order valence-electron chi connectivity index (χ0n) is 8.66. The summed E-state index contributed by atoms with van der Waals surface area (Å²) >= 11 is 0. The predicted octanol–water partition coefficient (Wildman–Crippen LogP) is 1.37. The van der Waals surface area contributed by atoms with Gasteiger partial charge in [-0.05, 0) is 18.6 Å². The summed E-state index contributed by atoms with van der Waals surface area (Å²) in [5.41, 5.74) is 0.0942. The molecule has 1 aromatic rings. The average molecular weight is 226 g/mol. The summed E-state index contributed by atoms with van der Waals surface area (Å²) in [6, 6.07) is 1.46. The van der Waals surface area contributed by atoms with Crippen LogP contribution in [-0.4, -0.2) is 28.5 Å². The minimum absolute atomic E-state index is 0.0524. The van der Waals surface area contributed by atoms with Crippen molar-refractivity contribution in [1.29, 1.82) is 0 Å². The lowest BCUT2D eigenvalue weighted by Gasteiger charge is -2.03. The number of halogens is 1. The van der Waals surface area contributed by atoms with Gasteiger partial charge >= 0.3 is 6.09 Å². The predicted molar refractivity (Wildman–Crippen MR) is 53.9 cm³/mol. The molecule has 1 amide bonds. The van der Waals surface area contributed by atoms with Gasteiger partial charge in [0.1, 0.15) is 5.69 Å². The van der Waals surface area contributed by atoms with Crippen molar-refractivity contribution in [2.24, 2.45) is 0 Å². The molecule has 0 unspecified atom stereocenters. The number of ketones is 1. The summed E-state index contributed by atoms with van der Waals surface area (Å²) in [4.78, 5) is 25.2. The SMILES string of the molecule is Cc1ccnc(C(=O)CCNC(=O)O)c1F. The Balaban J connectivity index is 2.66.